The Bertz CT molecular complexity index is 854. The molecular weight excluding hydrogens is 359 g/mol. The number of rotatable bonds is 5. The molecule has 1 N–H and O–H groups in total. The average Bonchev–Trinajstić information content (AvgIpc) is 3.53. The summed E-state index contributed by atoms with van der Waals surface area (Å²) in [6, 6.07) is 13.5. The molecule has 4 rings (SSSR count). The lowest BCUT2D eigenvalue weighted by Crippen LogP contribution is -2.41. The van der Waals surface area contributed by atoms with Gasteiger partial charge in [0, 0.05) is 18.8 Å². The summed E-state index contributed by atoms with van der Waals surface area (Å²) >= 11 is 0. The molecule has 2 aromatic rings. The molecule has 6 heteroatoms. The van der Waals surface area contributed by atoms with Crippen LogP contribution in [0.2, 0.25) is 0 Å². The molecule has 1 heterocycles. The third-order valence-electron chi connectivity index (χ3n) is 5.51. The van der Waals surface area contributed by atoms with E-state index in [9.17, 15) is 14.0 Å². The van der Waals surface area contributed by atoms with Crippen LogP contribution in [0.5, 0.6) is 0 Å². The number of anilines is 1. The van der Waals surface area contributed by atoms with E-state index in [1.54, 1.807) is 12.1 Å². The minimum absolute atomic E-state index is 0.0729. The first-order valence-electron chi connectivity index (χ1n) is 9.59. The van der Waals surface area contributed by atoms with E-state index in [2.05, 4.69) is 5.32 Å². The van der Waals surface area contributed by atoms with Crippen LogP contribution in [-0.2, 0) is 26.2 Å². The minimum Gasteiger partial charge on any atom is -0.378 e. The number of benzene rings is 2. The van der Waals surface area contributed by atoms with E-state index in [0.29, 0.717) is 38.4 Å². The fourth-order valence-corrected chi connectivity index (χ4v) is 3.60. The molecule has 0 spiro atoms. The first-order valence-corrected chi connectivity index (χ1v) is 9.59. The maximum atomic E-state index is 13.2. The van der Waals surface area contributed by atoms with Crippen LogP contribution in [0.4, 0.5) is 10.1 Å². The molecule has 28 heavy (non-hydrogen) atoms. The van der Waals surface area contributed by atoms with Gasteiger partial charge in [-0.2, -0.15) is 0 Å². The molecule has 1 saturated heterocycles. The molecular formula is C22H23FN2O3. The van der Waals surface area contributed by atoms with E-state index < -0.39 is 5.41 Å². The van der Waals surface area contributed by atoms with E-state index in [1.165, 1.54) is 12.1 Å². The lowest BCUT2D eigenvalue weighted by molar-refractivity contribution is -0.134. The Hall–Kier alpha value is -2.73. The molecule has 0 bridgehead atoms. The van der Waals surface area contributed by atoms with Gasteiger partial charge in [0.05, 0.1) is 25.0 Å². The Labute approximate surface area is 163 Å². The standard InChI is InChI=1S/C22H23FN2O3/c23-18-5-3-17(4-6-18)22(9-10-22)21(27)24-19-7-1-16(2-8-19)15-20(26)25-11-13-28-14-12-25/h1-8H,9-15H2,(H,24,27). The molecule has 2 amide bonds. The van der Waals surface area contributed by atoms with Crippen LogP contribution < -0.4 is 5.32 Å². The van der Waals surface area contributed by atoms with Crippen LogP contribution in [0, 0.1) is 5.82 Å². The van der Waals surface area contributed by atoms with Crippen molar-refractivity contribution in [3.8, 4) is 0 Å². The lowest BCUT2D eigenvalue weighted by Gasteiger charge is -2.26. The molecule has 5 nitrogen and oxygen atoms in total. The van der Waals surface area contributed by atoms with Crippen molar-refractivity contribution in [1.82, 2.24) is 4.90 Å². The molecule has 2 aromatic carbocycles. The van der Waals surface area contributed by atoms with Gasteiger partial charge in [0.25, 0.3) is 0 Å². The van der Waals surface area contributed by atoms with Crippen molar-refractivity contribution in [3.05, 3.63) is 65.5 Å². The number of hydrogen-bond acceptors (Lipinski definition) is 3. The zero-order valence-corrected chi connectivity index (χ0v) is 15.6. The Morgan fingerprint density at radius 3 is 2.25 bits per heavy atom. The highest BCUT2D eigenvalue weighted by Gasteiger charge is 2.51. The summed E-state index contributed by atoms with van der Waals surface area (Å²) in [5.41, 5.74) is 1.90. The molecule has 2 aliphatic rings. The Balaban J connectivity index is 1.37. The maximum absolute atomic E-state index is 13.2. The molecule has 1 saturated carbocycles. The number of ether oxygens (including phenoxy) is 1. The number of carbonyl (C=O) groups is 2. The van der Waals surface area contributed by atoms with E-state index in [4.69, 9.17) is 4.74 Å². The van der Waals surface area contributed by atoms with Crippen molar-refractivity contribution in [2.75, 3.05) is 31.6 Å². The van der Waals surface area contributed by atoms with Crippen molar-refractivity contribution in [2.45, 2.75) is 24.7 Å². The first kappa shape index (κ1) is 18.6. The summed E-state index contributed by atoms with van der Waals surface area (Å²) < 4.78 is 18.4. The second-order valence-electron chi connectivity index (χ2n) is 7.41. The normalized spacial score (nSPS) is 17.8. The molecule has 146 valence electrons. The average molecular weight is 382 g/mol. The van der Waals surface area contributed by atoms with Gasteiger partial charge in [0.2, 0.25) is 11.8 Å². The summed E-state index contributed by atoms with van der Waals surface area (Å²) in [7, 11) is 0. The minimum atomic E-state index is -0.557. The lowest BCUT2D eigenvalue weighted by atomic mass is 9.95. The molecule has 1 aliphatic heterocycles. The number of morpholine rings is 1. The number of nitrogens with zero attached hydrogens (tertiary/aromatic N) is 1. The SMILES string of the molecule is O=C(Cc1ccc(NC(=O)C2(c3ccc(F)cc3)CC2)cc1)N1CCOCC1. The zero-order valence-electron chi connectivity index (χ0n) is 15.6. The summed E-state index contributed by atoms with van der Waals surface area (Å²) in [5, 5.41) is 2.96. The van der Waals surface area contributed by atoms with Crippen LogP contribution in [-0.4, -0.2) is 43.0 Å². The molecule has 0 unspecified atom stereocenters. The van der Waals surface area contributed by atoms with E-state index in [1.807, 2.05) is 29.2 Å². The molecule has 1 aliphatic carbocycles. The highest BCUT2D eigenvalue weighted by Crippen LogP contribution is 2.49. The summed E-state index contributed by atoms with van der Waals surface area (Å²) in [4.78, 5) is 26.9. The van der Waals surface area contributed by atoms with Gasteiger partial charge < -0.3 is 15.0 Å². The smallest absolute Gasteiger partial charge is 0.235 e. The highest BCUT2D eigenvalue weighted by molar-refractivity contribution is 6.01. The van der Waals surface area contributed by atoms with E-state index in [0.717, 1.165) is 24.0 Å². The van der Waals surface area contributed by atoms with Crippen molar-refractivity contribution >= 4 is 17.5 Å². The maximum Gasteiger partial charge on any atom is 0.235 e. The van der Waals surface area contributed by atoms with Crippen molar-refractivity contribution in [2.24, 2.45) is 0 Å². The van der Waals surface area contributed by atoms with Crippen LogP contribution in [0.25, 0.3) is 0 Å². The van der Waals surface area contributed by atoms with Crippen LogP contribution >= 0.6 is 0 Å². The largest absolute Gasteiger partial charge is 0.378 e. The summed E-state index contributed by atoms with van der Waals surface area (Å²) in [6.07, 6.45) is 1.86. The molecule has 0 aromatic heterocycles. The second-order valence-corrected chi connectivity index (χ2v) is 7.41. The van der Waals surface area contributed by atoms with Crippen LogP contribution in [0.15, 0.2) is 48.5 Å². The fourth-order valence-electron chi connectivity index (χ4n) is 3.60. The number of carbonyl (C=O) groups excluding carboxylic acids is 2. The zero-order chi connectivity index (χ0) is 19.6. The van der Waals surface area contributed by atoms with Gasteiger partial charge >= 0.3 is 0 Å². The first-order chi connectivity index (χ1) is 13.6. The van der Waals surface area contributed by atoms with Gasteiger partial charge in [0.15, 0.2) is 0 Å². The Kier molecular flexibility index (Phi) is 5.13. The molecule has 0 atom stereocenters. The van der Waals surface area contributed by atoms with Gasteiger partial charge in [-0.3, -0.25) is 9.59 Å². The fraction of sp³-hybridized carbons (Fsp3) is 0.364. The third-order valence-corrected chi connectivity index (χ3v) is 5.51. The van der Waals surface area contributed by atoms with Gasteiger partial charge in [-0.25, -0.2) is 4.39 Å². The monoisotopic (exact) mass is 382 g/mol. The van der Waals surface area contributed by atoms with Gasteiger partial charge in [-0.1, -0.05) is 24.3 Å². The predicted molar refractivity (Wildman–Crippen MR) is 103 cm³/mol. The molecule has 0 radical (unpaired) electrons. The van der Waals surface area contributed by atoms with Gasteiger partial charge in [0.1, 0.15) is 5.82 Å². The number of amides is 2. The molecule has 2 fully saturated rings. The predicted octanol–water partition coefficient (Wildman–Crippen LogP) is 2.90. The number of hydrogen-bond donors (Lipinski definition) is 1. The highest BCUT2D eigenvalue weighted by atomic mass is 19.1. The van der Waals surface area contributed by atoms with E-state index >= 15 is 0 Å². The van der Waals surface area contributed by atoms with Crippen molar-refractivity contribution in [1.29, 1.82) is 0 Å². The van der Waals surface area contributed by atoms with Gasteiger partial charge in [-0.15, -0.1) is 0 Å². The summed E-state index contributed by atoms with van der Waals surface area (Å²) in [5.74, 6) is -0.285. The van der Waals surface area contributed by atoms with Crippen molar-refractivity contribution < 1.29 is 18.7 Å². The second kappa shape index (κ2) is 7.72. The Morgan fingerprint density at radius 2 is 1.64 bits per heavy atom. The van der Waals surface area contributed by atoms with Crippen molar-refractivity contribution in [3.63, 3.8) is 0 Å². The summed E-state index contributed by atoms with van der Waals surface area (Å²) in [6.45, 7) is 2.45. The number of nitrogens with one attached hydrogen (secondary N) is 1. The Morgan fingerprint density at radius 1 is 1.00 bits per heavy atom. The number of halogens is 1. The van der Waals surface area contributed by atoms with E-state index in [-0.39, 0.29) is 17.6 Å². The van der Waals surface area contributed by atoms with Gasteiger partial charge in [-0.05, 0) is 48.2 Å². The van der Waals surface area contributed by atoms with Crippen LogP contribution in [0.1, 0.15) is 24.0 Å². The quantitative estimate of drug-likeness (QED) is 0.865. The topological polar surface area (TPSA) is 58.6 Å². The third kappa shape index (κ3) is 3.92. The van der Waals surface area contributed by atoms with Crippen LogP contribution in [0.3, 0.4) is 0 Å².